The van der Waals surface area contributed by atoms with Crippen LogP contribution in [0, 0.1) is 5.92 Å². The normalized spacial score (nSPS) is 21.8. The first-order valence-electron chi connectivity index (χ1n) is 5.26. The third-order valence-electron chi connectivity index (χ3n) is 2.92. The second-order valence-electron chi connectivity index (χ2n) is 4.03. The molecule has 0 amide bonds. The van der Waals surface area contributed by atoms with E-state index < -0.39 is 0 Å². The van der Waals surface area contributed by atoms with Crippen molar-refractivity contribution in [3.05, 3.63) is 24.3 Å². The molecule has 0 saturated carbocycles. The maximum absolute atomic E-state index is 3.82. The van der Waals surface area contributed by atoms with Crippen molar-refractivity contribution in [1.82, 2.24) is 4.90 Å². The largest absolute Gasteiger partial charge is 0.299 e. The molecule has 74 valence electrons. The summed E-state index contributed by atoms with van der Waals surface area (Å²) in [6.07, 6.45) is 6.84. The Labute approximate surface area is 82.1 Å². The van der Waals surface area contributed by atoms with Crippen LogP contribution in [0.2, 0.25) is 0 Å². The molecule has 1 aliphatic heterocycles. The van der Waals surface area contributed by atoms with E-state index in [1.165, 1.54) is 31.5 Å². The summed E-state index contributed by atoms with van der Waals surface area (Å²) >= 11 is 0. The van der Waals surface area contributed by atoms with E-state index in [0.717, 1.165) is 12.5 Å². The predicted octanol–water partition coefficient (Wildman–Crippen LogP) is 2.85. The second-order valence-corrected chi connectivity index (χ2v) is 4.03. The fourth-order valence-electron chi connectivity index (χ4n) is 1.75. The van der Waals surface area contributed by atoms with Gasteiger partial charge in [-0.25, -0.2) is 0 Å². The molecule has 0 radical (unpaired) electrons. The quantitative estimate of drug-likeness (QED) is 0.602. The average Bonchev–Trinajstić information content (AvgIpc) is 2.17. The van der Waals surface area contributed by atoms with Gasteiger partial charge in [0.2, 0.25) is 0 Å². The Balaban J connectivity index is 2.33. The Morgan fingerprint density at radius 2 is 2.08 bits per heavy atom. The van der Waals surface area contributed by atoms with Gasteiger partial charge in [0.05, 0.1) is 0 Å². The van der Waals surface area contributed by atoms with Crippen LogP contribution in [-0.2, 0) is 0 Å². The van der Waals surface area contributed by atoms with Crippen LogP contribution in [-0.4, -0.2) is 24.5 Å². The van der Waals surface area contributed by atoms with E-state index >= 15 is 0 Å². The van der Waals surface area contributed by atoms with E-state index in [4.69, 9.17) is 0 Å². The number of hydrogen-bond donors (Lipinski definition) is 0. The molecule has 0 aromatic carbocycles. The molecule has 1 saturated heterocycles. The van der Waals surface area contributed by atoms with Gasteiger partial charge in [0.15, 0.2) is 0 Å². The van der Waals surface area contributed by atoms with Crippen molar-refractivity contribution in [2.45, 2.75) is 26.7 Å². The molecule has 0 aromatic rings. The van der Waals surface area contributed by atoms with Crippen LogP contribution < -0.4 is 0 Å². The van der Waals surface area contributed by atoms with E-state index in [-0.39, 0.29) is 0 Å². The summed E-state index contributed by atoms with van der Waals surface area (Å²) in [5, 5.41) is 0. The first kappa shape index (κ1) is 10.5. The van der Waals surface area contributed by atoms with Gasteiger partial charge < -0.3 is 0 Å². The van der Waals surface area contributed by atoms with Gasteiger partial charge in [0.25, 0.3) is 0 Å². The van der Waals surface area contributed by atoms with Crippen LogP contribution in [0.1, 0.15) is 26.7 Å². The molecule has 0 bridgehead atoms. The van der Waals surface area contributed by atoms with Gasteiger partial charge in [-0.05, 0) is 44.3 Å². The molecule has 13 heavy (non-hydrogen) atoms. The zero-order valence-corrected chi connectivity index (χ0v) is 8.92. The van der Waals surface area contributed by atoms with Crippen molar-refractivity contribution in [2.24, 2.45) is 5.92 Å². The zero-order chi connectivity index (χ0) is 9.68. The molecule has 0 N–H and O–H groups in total. The third kappa shape index (κ3) is 3.35. The zero-order valence-electron chi connectivity index (χ0n) is 8.92. The average molecular weight is 179 g/mol. The van der Waals surface area contributed by atoms with Crippen molar-refractivity contribution < 1.29 is 0 Å². The first-order chi connectivity index (χ1) is 6.26. The van der Waals surface area contributed by atoms with Crippen LogP contribution >= 0.6 is 0 Å². The fourth-order valence-corrected chi connectivity index (χ4v) is 1.75. The van der Waals surface area contributed by atoms with Gasteiger partial charge in [-0.1, -0.05) is 25.7 Å². The topological polar surface area (TPSA) is 3.24 Å². The number of allylic oxidation sites excluding steroid dienone is 1. The van der Waals surface area contributed by atoms with Gasteiger partial charge >= 0.3 is 0 Å². The molecular weight excluding hydrogens is 158 g/mol. The maximum Gasteiger partial charge on any atom is 0.0230 e. The van der Waals surface area contributed by atoms with Crippen LogP contribution in [0.3, 0.4) is 0 Å². The first-order valence-corrected chi connectivity index (χ1v) is 5.26. The van der Waals surface area contributed by atoms with Crippen LogP contribution in [0.5, 0.6) is 0 Å². The SMILES string of the molecule is C=C/C(=C\C)CN1CCC(C)CC1. The number of nitrogens with zero attached hydrogens (tertiary/aromatic N) is 1. The van der Waals surface area contributed by atoms with Gasteiger partial charge in [-0.15, -0.1) is 0 Å². The highest BCUT2D eigenvalue weighted by Gasteiger charge is 2.15. The summed E-state index contributed by atoms with van der Waals surface area (Å²) in [6, 6.07) is 0. The monoisotopic (exact) mass is 179 g/mol. The summed E-state index contributed by atoms with van der Waals surface area (Å²) in [4.78, 5) is 2.52. The molecule has 1 aliphatic rings. The van der Waals surface area contributed by atoms with Gasteiger partial charge in [-0.3, -0.25) is 4.90 Å². The molecule has 0 atom stereocenters. The number of rotatable bonds is 3. The van der Waals surface area contributed by atoms with Gasteiger partial charge in [-0.2, -0.15) is 0 Å². The number of likely N-dealkylation sites (tertiary alicyclic amines) is 1. The van der Waals surface area contributed by atoms with Crippen molar-refractivity contribution in [3.63, 3.8) is 0 Å². The summed E-state index contributed by atoms with van der Waals surface area (Å²) in [7, 11) is 0. The highest BCUT2D eigenvalue weighted by atomic mass is 15.1. The van der Waals surface area contributed by atoms with Crippen molar-refractivity contribution in [2.75, 3.05) is 19.6 Å². The Morgan fingerprint density at radius 3 is 2.54 bits per heavy atom. The summed E-state index contributed by atoms with van der Waals surface area (Å²) in [5.74, 6) is 0.925. The van der Waals surface area contributed by atoms with E-state index in [9.17, 15) is 0 Å². The Kier molecular flexibility index (Phi) is 4.23. The molecule has 0 aromatic heterocycles. The van der Waals surface area contributed by atoms with Crippen LogP contribution in [0.25, 0.3) is 0 Å². The lowest BCUT2D eigenvalue weighted by Crippen LogP contribution is -2.34. The van der Waals surface area contributed by atoms with Crippen LogP contribution in [0.15, 0.2) is 24.3 Å². The number of hydrogen-bond acceptors (Lipinski definition) is 1. The third-order valence-corrected chi connectivity index (χ3v) is 2.92. The highest BCUT2D eigenvalue weighted by molar-refractivity contribution is 5.16. The molecule has 0 aliphatic carbocycles. The maximum atomic E-state index is 3.82. The summed E-state index contributed by atoms with van der Waals surface area (Å²) in [6.45, 7) is 11.9. The lowest BCUT2D eigenvalue weighted by Gasteiger charge is -2.30. The fraction of sp³-hybridized carbons (Fsp3) is 0.667. The molecule has 1 rings (SSSR count). The van der Waals surface area contributed by atoms with Gasteiger partial charge in [0.1, 0.15) is 0 Å². The predicted molar refractivity (Wildman–Crippen MR) is 58.8 cm³/mol. The molecular formula is C12H21N. The minimum Gasteiger partial charge on any atom is -0.299 e. The van der Waals surface area contributed by atoms with E-state index in [1.807, 2.05) is 6.08 Å². The molecule has 1 heteroatoms. The molecule has 1 heterocycles. The van der Waals surface area contributed by atoms with Crippen molar-refractivity contribution >= 4 is 0 Å². The Hall–Kier alpha value is -0.560. The highest BCUT2D eigenvalue weighted by Crippen LogP contribution is 2.16. The van der Waals surface area contributed by atoms with E-state index in [2.05, 4.69) is 31.4 Å². The van der Waals surface area contributed by atoms with Crippen molar-refractivity contribution in [1.29, 1.82) is 0 Å². The standard InChI is InChI=1S/C12H21N/c1-4-12(5-2)10-13-8-6-11(3)7-9-13/h4-5,11H,1,6-10H2,2-3H3/b12-5+. The second kappa shape index (κ2) is 5.23. The Bertz CT molecular complexity index is 185. The summed E-state index contributed by atoms with van der Waals surface area (Å²) in [5.41, 5.74) is 1.36. The smallest absolute Gasteiger partial charge is 0.0230 e. The summed E-state index contributed by atoms with van der Waals surface area (Å²) < 4.78 is 0. The minimum atomic E-state index is 0.925. The molecule has 1 fully saturated rings. The molecule has 1 nitrogen and oxygen atoms in total. The lowest BCUT2D eigenvalue weighted by molar-refractivity contribution is 0.207. The van der Waals surface area contributed by atoms with E-state index in [0.29, 0.717) is 0 Å². The van der Waals surface area contributed by atoms with Crippen LogP contribution in [0.4, 0.5) is 0 Å². The molecule has 0 spiro atoms. The molecule has 0 unspecified atom stereocenters. The van der Waals surface area contributed by atoms with E-state index in [1.54, 1.807) is 0 Å². The number of piperidine rings is 1. The Morgan fingerprint density at radius 1 is 1.46 bits per heavy atom. The van der Waals surface area contributed by atoms with Gasteiger partial charge in [0, 0.05) is 6.54 Å². The minimum absolute atomic E-state index is 0.925. The van der Waals surface area contributed by atoms with Crippen molar-refractivity contribution in [3.8, 4) is 0 Å². The lowest BCUT2D eigenvalue weighted by atomic mass is 9.99.